The van der Waals surface area contributed by atoms with Gasteiger partial charge in [-0.1, -0.05) is 18.2 Å². The van der Waals surface area contributed by atoms with Crippen LogP contribution in [0.1, 0.15) is 5.56 Å². The molecule has 0 aliphatic heterocycles. The van der Waals surface area contributed by atoms with Crippen molar-refractivity contribution < 1.29 is 22.5 Å². The van der Waals surface area contributed by atoms with Gasteiger partial charge in [-0.25, -0.2) is 14.6 Å². The van der Waals surface area contributed by atoms with Crippen LogP contribution < -0.4 is 15.4 Å². The van der Waals surface area contributed by atoms with E-state index in [1.807, 2.05) is 0 Å². The highest BCUT2D eigenvalue weighted by Crippen LogP contribution is 2.34. The molecule has 0 atom stereocenters. The number of hydrogen-bond acceptors (Lipinski definition) is 8. The van der Waals surface area contributed by atoms with Gasteiger partial charge in [0.15, 0.2) is 11.6 Å². The Hall–Kier alpha value is -3.89. The van der Waals surface area contributed by atoms with E-state index in [-0.39, 0.29) is 28.6 Å². The predicted molar refractivity (Wildman–Crippen MR) is 98.4 cm³/mol. The van der Waals surface area contributed by atoms with E-state index in [2.05, 4.69) is 35.5 Å². The van der Waals surface area contributed by atoms with Gasteiger partial charge in [0.1, 0.15) is 5.75 Å². The van der Waals surface area contributed by atoms with E-state index in [1.165, 1.54) is 19.2 Å². The molecular formula is C18H13F3N6O2. The second kappa shape index (κ2) is 7.26. The largest absolute Gasteiger partial charge is 0.495 e. The van der Waals surface area contributed by atoms with E-state index in [0.717, 1.165) is 12.1 Å². The molecule has 0 aliphatic rings. The van der Waals surface area contributed by atoms with Gasteiger partial charge < -0.3 is 15.4 Å². The summed E-state index contributed by atoms with van der Waals surface area (Å²) in [6.45, 7) is 0. The van der Waals surface area contributed by atoms with Crippen molar-refractivity contribution in [3.05, 3.63) is 54.1 Å². The van der Waals surface area contributed by atoms with Crippen molar-refractivity contribution in [1.82, 2.24) is 20.3 Å². The molecule has 0 aliphatic carbocycles. The molecule has 2 aromatic heterocycles. The zero-order chi connectivity index (χ0) is 20.4. The van der Waals surface area contributed by atoms with Crippen LogP contribution in [0.4, 0.5) is 36.2 Å². The van der Waals surface area contributed by atoms with Crippen molar-refractivity contribution in [2.24, 2.45) is 0 Å². The minimum atomic E-state index is -4.47. The fourth-order valence-electron chi connectivity index (χ4n) is 2.60. The van der Waals surface area contributed by atoms with Crippen molar-refractivity contribution in [2.45, 2.75) is 6.18 Å². The Labute approximate surface area is 161 Å². The van der Waals surface area contributed by atoms with Crippen molar-refractivity contribution in [1.29, 1.82) is 0 Å². The van der Waals surface area contributed by atoms with Gasteiger partial charge in [-0.15, -0.1) is 0 Å². The molecule has 0 bridgehead atoms. The molecule has 148 valence electrons. The fourth-order valence-corrected chi connectivity index (χ4v) is 2.60. The number of fused-ring (bicyclic) bond motifs is 1. The highest BCUT2D eigenvalue weighted by molar-refractivity contribution is 5.80. The van der Waals surface area contributed by atoms with Gasteiger partial charge in [-0.05, 0) is 40.6 Å². The zero-order valence-electron chi connectivity index (χ0n) is 14.9. The Balaban J connectivity index is 1.74. The molecule has 29 heavy (non-hydrogen) atoms. The number of halogens is 3. The first kappa shape index (κ1) is 18.5. The second-order valence-corrected chi connectivity index (χ2v) is 5.86. The summed E-state index contributed by atoms with van der Waals surface area (Å²) in [6.07, 6.45) is -4.47. The molecule has 0 amide bonds. The third kappa shape index (κ3) is 3.88. The lowest BCUT2D eigenvalue weighted by atomic mass is 10.2. The number of alkyl halides is 3. The molecule has 0 unspecified atom stereocenters. The number of aromatic nitrogens is 4. The molecule has 0 saturated heterocycles. The summed E-state index contributed by atoms with van der Waals surface area (Å²) in [6, 6.07) is 11.8. The van der Waals surface area contributed by atoms with Crippen LogP contribution in [0.5, 0.6) is 5.75 Å². The summed E-state index contributed by atoms with van der Waals surface area (Å²) in [5.41, 5.74) is 0.195. The van der Waals surface area contributed by atoms with Gasteiger partial charge in [0.2, 0.25) is 11.3 Å². The Bertz CT molecular complexity index is 1160. The molecule has 0 spiro atoms. The first-order chi connectivity index (χ1) is 13.9. The van der Waals surface area contributed by atoms with Crippen LogP contribution in [0.25, 0.3) is 11.3 Å². The third-order valence-corrected chi connectivity index (χ3v) is 3.93. The van der Waals surface area contributed by atoms with Crippen molar-refractivity contribution >= 4 is 34.3 Å². The average molecular weight is 402 g/mol. The van der Waals surface area contributed by atoms with Crippen LogP contribution in [0.3, 0.4) is 0 Å². The van der Waals surface area contributed by atoms with E-state index in [0.29, 0.717) is 11.4 Å². The van der Waals surface area contributed by atoms with Gasteiger partial charge in [0.25, 0.3) is 0 Å². The molecule has 0 fully saturated rings. The van der Waals surface area contributed by atoms with Crippen LogP contribution in [-0.2, 0) is 6.18 Å². The third-order valence-electron chi connectivity index (χ3n) is 3.93. The topological polar surface area (TPSA) is 98.0 Å². The van der Waals surface area contributed by atoms with Crippen LogP contribution in [0.15, 0.2) is 53.2 Å². The number of rotatable bonds is 5. The summed E-state index contributed by atoms with van der Waals surface area (Å²) >= 11 is 0. The Morgan fingerprint density at radius 3 is 2.28 bits per heavy atom. The highest BCUT2D eigenvalue weighted by Gasteiger charge is 2.30. The van der Waals surface area contributed by atoms with Crippen LogP contribution in [-0.4, -0.2) is 27.4 Å². The minimum absolute atomic E-state index is 0.102. The smallest absolute Gasteiger partial charge is 0.416 e. The van der Waals surface area contributed by atoms with E-state index >= 15 is 0 Å². The maximum Gasteiger partial charge on any atom is 0.416 e. The monoisotopic (exact) mass is 402 g/mol. The summed E-state index contributed by atoms with van der Waals surface area (Å²) in [4.78, 5) is 8.54. The maximum atomic E-state index is 13.0. The number of hydrogen-bond donors (Lipinski definition) is 2. The summed E-state index contributed by atoms with van der Waals surface area (Å²) in [5, 5.41) is 13.2. The molecule has 4 aromatic rings. The lowest BCUT2D eigenvalue weighted by Gasteiger charge is -2.14. The molecule has 2 heterocycles. The molecule has 4 rings (SSSR count). The number of methoxy groups -OCH3 is 1. The van der Waals surface area contributed by atoms with Gasteiger partial charge in [-0.3, -0.25) is 0 Å². The SMILES string of the molecule is COc1ccccc1Nc1nc2nonc2nc1Nc1cccc(C(F)(F)F)c1. The van der Waals surface area contributed by atoms with Gasteiger partial charge in [-0.2, -0.15) is 13.2 Å². The number of benzene rings is 2. The first-order valence-electron chi connectivity index (χ1n) is 8.28. The first-order valence-corrected chi connectivity index (χ1v) is 8.28. The molecule has 8 nitrogen and oxygen atoms in total. The van der Waals surface area contributed by atoms with E-state index in [4.69, 9.17) is 4.74 Å². The Morgan fingerprint density at radius 2 is 1.59 bits per heavy atom. The summed E-state index contributed by atoms with van der Waals surface area (Å²) < 4.78 is 49.0. The van der Waals surface area contributed by atoms with Crippen molar-refractivity contribution in [2.75, 3.05) is 17.7 Å². The van der Waals surface area contributed by atoms with Gasteiger partial charge >= 0.3 is 6.18 Å². The fraction of sp³-hybridized carbons (Fsp3) is 0.111. The minimum Gasteiger partial charge on any atom is -0.495 e. The number of ether oxygens (including phenoxy) is 1. The number of nitrogens with zero attached hydrogens (tertiary/aromatic N) is 4. The number of para-hydroxylation sites is 2. The quantitative estimate of drug-likeness (QED) is 0.503. The average Bonchev–Trinajstić information content (AvgIpc) is 3.15. The zero-order valence-corrected chi connectivity index (χ0v) is 14.9. The Kier molecular flexibility index (Phi) is 4.63. The normalized spacial score (nSPS) is 11.4. The molecule has 11 heteroatoms. The van der Waals surface area contributed by atoms with Gasteiger partial charge in [0.05, 0.1) is 18.4 Å². The van der Waals surface area contributed by atoms with Crippen LogP contribution in [0, 0.1) is 0 Å². The Morgan fingerprint density at radius 1 is 0.897 bits per heavy atom. The second-order valence-electron chi connectivity index (χ2n) is 5.86. The number of nitrogens with one attached hydrogen (secondary N) is 2. The lowest BCUT2D eigenvalue weighted by Crippen LogP contribution is -2.07. The standard InChI is InChI=1S/C18H13F3N6O2/c1-28-13-8-3-2-7-12(13)23-15-14(24-16-17(25-15)27-29-26-16)22-11-6-4-5-10(9-11)18(19,20)21/h2-9H,1H3,(H,22,24,26)(H,23,25,27). The summed E-state index contributed by atoms with van der Waals surface area (Å²) in [5.74, 6) is 0.881. The van der Waals surface area contributed by atoms with Crippen LogP contribution in [0.2, 0.25) is 0 Å². The van der Waals surface area contributed by atoms with E-state index in [1.54, 1.807) is 24.3 Å². The highest BCUT2D eigenvalue weighted by atomic mass is 19.4. The molecule has 0 radical (unpaired) electrons. The predicted octanol–water partition coefficient (Wildman–Crippen LogP) is 4.53. The molecule has 2 aromatic carbocycles. The maximum absolute atomic E-state index is 13.0. The van der Waals surface area contributed by atoms with Crippen LogP contribution >= 0.6 is 0 Å². The lowest BCUT2D eigenvalue weighted by molar-refractivity contribution is -0.137. The summed E-state index contributed by atoms with van der Waals surface area (Å²) in [7, 11) is 1.51. The molecular weight excluding hydrogens is 389 g/mol. The molecule has 0 saturated carbocycles. The van der Waals surface area contributed by atoms with Crippen molar-refractivity contribution in [3.8, 4) is 5.75 Å². The van der Waals surface area contributed by atoms with Crippen molar-refractivity contribution in [3.63, 3.8) is 0 Å². The molecule has 2 N–H and O–H groups in total. The van der Waals surface area contributed by atoms with E-state index in [9.17, 15) is 13.2 Å². The van der Waals surface area contributed by atoms with Gasteiger partial charge in [0, 0.05) is 5.69 Å². The van der Waals surface area contributed by atoms with E-state index < -0.39 is 11.7 Å². The number of anilines is 4.